The van der Waals surface area contributed by atoms with Crippen molar-refractivity contribution in [3.8, 4) is 5.75 Å². The number of benzene rings is 2. The predicted molar refractivity (Wildman–Crippen MR) is 81.0 cm³/mol. The van der Waals surface area contributed by atoms with Crippen LogP contribution in [0, 0.1) is 6.92 Å². The lowest BCUT2D eigenvalue weighted by atomic mass is 10.0. The Hall–Kier alpha value is -1.67. The third-order valence-electron chi connectivity index (χ3n) is 3.17. The molecular formula is C16H18ClNO. The molecule has 0 fully saturated rings. The lowest BCUT2D eigenvalue weighted by Gasteiger charge is -2.20. The van der Waals surface area contributed by atoms with Crippen molar-refractivity contribution in [2.45, 2.75) is 26.3 Å². The molecule has 3 heteroatoms. The van der Waals surface area contributed by atoms with Crippen LogP contribution in [0.15, 0.2) is 42.5 Å². The second-order valence-electron chi connectivity index (χ2n) is 4.65. The maximum atomic E-state index is 9.93. The Morgan fingerprint density at radius 1 is 1.21 bits per heavy atom. The Bertz CT molecular complexity index is 568. The van der Waals surface area contributed by atoms with Gasteiger partial charge in [0.25, 0.3) is 0 Å². The van der Waals surface area contributed by atoms with E-state index in [2.05, 4.69) is 12.2 Å². The van der Waals surface area contributed by atoms with E-state index >= 15 is 0 Å². The summed E-state index contributed by atoms with van der Waals surface area (Å²) in [6.07, 6.45) is 0.863. The lowest BCUT2D eigenvalue weighted by Crippen LogP contribution is -2.10. The molecule has 2 aromatic rings. The Balaban J connectivity index is 2.27. The first-order chi connectivity index (χ1) is 9.11. The van der Waals surface area contributed by atoms with Crippen LogP contribution < -0.4 is 5.32 Å². The first-order valence-electron chi connectivity index (χ1n) is 6.42. The van der Waals surface area contributed by atoms with E-state index in [0.717, 1.165) is 23.2 Å². The van der Waals surface area contributed by atoms with Gasteiger partial charge in [-0.15, -0.1) is 0 Å². The van der Waals surface area contributed by atoms with Crippen molar-refractivity contribution in [1.82, 2.24) is 0 Å². The number of para-hydroxylation sites is 1. The average molecular weight is 276 g/mol. The van der Waals surface area contributed by atoms with Crippen molar-refractivity contribution in [1.29, 1.82) is 0 Å². The number of halogens is 1. The van der Waals surface area contributed by atoms with Crippen LogP contribution in [0.3, 0.4) is 0 Å². The second kappa shape index (κ2) is 5.98. The predicted octanol–water partition coefficient (Wildman–Crippen LogP) is 4.92. The third kappa shape index (κ3) is 3.21. The van der Waals surface area contributed by atoms with Gasteiger partial charge in [0.1, 0.15) is 5.75 Å². The number of rotatable bonds is 4. The molecule has 19 heavy (non-hydrogen) atoms. The van der Waals surface area contributed by atoms with E-state index in [1.807, 2.05) is 43.3 Å². The molecule has 0 aliphatic carbocycles. The van der Waals surface area contributed by atoms with Crippen LogP contribution in [-0.2, 0) is 0 Å². The number of hydrogen-bond acceptors (Lipinski definition) is 2. The first kappa shape index (κ1) is 13.8. The van der Waals surface area contributed by atoms with Crippen LogP contribution in [-0.4, -0.2) is 5.11 Å². The van der Waals surface area contributed by atoms with Gasteiger partial charge in [0.15, 0.2) is 0 Å². The highest BCUT2D eigenvalue weighted by molar-refractivity contribution is 6.33. The number of hydrogen-bond donors (Lipinski definition) is 2. The van der Waals surface area contributed by atoms with Gasteiger partial charge < -0.3 is 10.4 Å². The number of phenolic OH excluding ortho intramolecular Hbond substituents is 1. The summed E-state index contributed by atoms with van der Waals surface area (Å²) in [5, 5.41) is 14.0. The van der Waals surface area contributed by atoms with Crippen LogP contribution in [0.4, 0.5) is 5.69 Å². The molecule has 0 spiro atoms. The summed E-state index contributed by atoms with van der Waals surface area (Å²) in [7, 11) is 0. The van der Waals surface area contributed by atoms with E-state index in [0.29, 0.717) is 10.8 Å². The minimum atomic E-state index is 0.0430. The summed E-state index contributed by atoms with van der Waals surface area (Å²) >= 11 is 6.23. The largest absolute Gasteiger partial charge is 0.508 e. The van der Waals surface area contributed by atoms with Crippen molar-refractivity contribution in [2.75, 3.05) is 5.32 Å². The van der Waals surface area contributed by atoms with Crippen molar-refractivity contribution in [3.63, 3.8) is 0 Å². The van der Waals surface area contributed by atoms with Crippen LogP contribution >= 0.6 is 11.6 Å². The van der Waals surface area contributed by atoms with Crippen molar-refractivity contribution in [3.05, 3.63) is 58.6 Å². The number of anilines is 1. The number of nitrogens with one attached hydrogen (secondary N) is 1. The minimum absolute atomic E-state index is 0.0430. The van der Waals surface area contributed by atoms with Crippen LogP contribution in [0.2, 0.25) is 5.02 Å². The van der Waals surface area contributed by atoms with Crippen LogP contribution in [0.5, 0.6) is 5.75 Å². The number of phenols is 1. The fourth-order valence-corrected chi connectivity index (χ4v) is 2.40. The van der Waals surface area contributed by atoms with Gasteiger partial charge in [0, 0.05) is 5.56 Å². The highest BCUT2D eigenvalue weighted by atomic mass is 35.5. The van der Waals surface area contributed by atoms with E-state index in [1.165, 1.54) is 0 Å². The Morgan fingerprint density at radius 2 is 1.95 bits per heavy atom. The summed E-state index contributed by atoms with van der Waals surface area (Å²) in [6.45, 7) is 4.09. The summed E-state index contributed by atoms with van der Waals surface area (Å²) in [5.74, 6) is 0.310. The zero-order valence-electron chi connectivity index (χ0n) is 11.2. The second-order valence-corrected chi connectivity index (χ2v) is 5.05. The first-order valence-corrected chi connectivity index (χ1v) is 6.80. The molecule has 0 aromatic heterocycles. The van der Waals surface area contributed by atoms with Gasteiger partial charge in [-0.25, -0.2) is 0 Å². The molecule has 1 unspecified atom stereocenters. The van der Waals surface area contributed by atoms with Gasteiger partial charge in [-0.3, -0.25) is 0 Å². The molecule has 0 aliphatic rings. The molecule has 0 heterocycles. The molecule has 2 nitrogen and oxygen atoms in total. The maximum absolute atomic E-state index is 9.93. The molecule has 100 valence electrons. The van der Waals surface area contributed by atoms with Gasteiger partial charge >= 0.3 is 0 Å². The Morgan fingerprint density at radius 3 is 2.58 bits per heavy atom. The monoisotopic (exact) mass is 275 g/mol. The van der Waals surface area contributed by atoms with Gasteiger partial charge in [0.05, 0.1) is 16.8 Å². The maximum Gasteiger partial charge on any atom is 0.120 e. The van der Waals surface area contributed by atoms with E-state index < -0.39 is 0 Å². The quantitative estimate of drug-likeness (QED) is 0.830. The summed E-state index contributed by atoms with van der Waals surface area (Å²) in [4.78, 5) is 0. The van der Waals surface area contributed by atoms with E-state index in [-0.39, 0.29) is 6.04 Å². The van der Waals surface area contributed by atoms with Crippen LogP contribution in [0.1, 0.15) is 30.5 Å². The van der Waals surface area contributed by atoms with Gasteiger partial charge in [-0.05, 0) is 37.1 Å². The molecule has 0 saturated carbocycles. The molecule has 0 amide bonds. The molecule has 2 rings (SSSR count). The Kier molecular flexibility index (Phi) is 4.33. The minimum Gasteiger partial charge on any atom is -0.508 e. The van der Waals surface area contributed by atoms with E-state index in [4.69, 9.17) is 11.6 Å². The lowest BCUT2D eigenvalue weighted by molar-refractivity contribution is 0.463. The van der Waals surface area contributed by atoms with Crippen molar-refractivity contribution in [2.24, 2.45) is 0 Å². The fraction of sp³-hybridized carbons (Fsp3) is 0.250. The van der Waals surface area contributed by atoms with Gasteiger partial charge in [-0.1, -0.05) is 42.8 Å². The summed E-state index contributed by atoms with van der Waals surface area (Å²) < 4.78 is 0. The molecule has 0 bridgehead atoms. The van der Waals surface area contributed by atoms with E-state index in [9.17, 15) is 5.11 Å². The fourth-order valence-electron chi connectivity index (χ4n) is 2.11. The van der Waals surface area contributed by atoms with Crippen molar-refractivity contribution < 1.29 is 5.11 Å². The molecular weight excluding hydrogens is 258 g/mol. The SMILES string of the molecule is CCC(Nc1ccc(C)cc1Cl)c1ccccc1O. The normalized spacial score (nSPS) is 12.2. The van der Waals surface area contributed by atoms with Crippen molar-refractivity contribution >= 4 is 17.3 Å². The van der Waals surface area contributed by atoms with E-state index in [1.54, 1.807) is 6.07 Å². The highest BCUT2D eigenvalue weighted by Gasteiger charge is 2.14. The zero-order chi connectivity index (χ0) is 13.8. The third-order valence-corrected chi connectivity index (χ3v) is 3.49. The Labute approximate surface area is 119 Å². The zero-order valence-corrected chi connectivity index (χ0v) is 11.9. The molecule has 0 aliphatic heterocycles. The number of aromatic hydroxyl groups is 1. The van der Waals surface area contributed by atoms with Gasteiger partial charge in [-0.2, -0.15) is 0 Å². The molecule has 0 radical (unpaired) electrons. The standard InChI is InChI=1S/C16H18ClNO/c1-3-14(12-6-4-5-7-16(12)19)18-15-9-8-11(2)10-13(15)17/h4-10,14,18-19H,3H2,1-2H3. The summed E-state index contributed by atoms with van der Waals surface area (Å²) in [6, 6.07) is 13.4. The topological polar surface area (TPSA) is 32.3 Å². The number of aryl methyl sites for hydroxylation is 1. The van der Waals surface area contributed by atoms with Crippen LogP contribution in [0.25, 0.3) is 0 Å². The molecule has 0 saturated heterocycles. The average Bonchev–Trinajstić information content (AvgIpc) is 2.39. The smallest absolute Gasteiger partial charge is 0.120 e. The molecule has 2 N–H and O–H groups in total. The molecule has 2 aromatic carbocycles. The highest BCUT2D eigenvalue weighted by Crippen LogP contribution is 2.32. The van der Waals surface area contributed by atoms with Gasteiger partial charge in [0.2, 0.25) is 0 Å². The summed E-state index contributed by atoms with van der Waals surface area (Å²) in [5.41, 5.74) is 2.91. The molecule has 1 atom stereocenters.